The van der Waals surface area contributed by atoms with E-state index in [0.717, 1.165) is 43.1 Å². The zero-order valence-electron chi connectivity index (χ0n) is 14.3. The number of amides is 2. The second kappa shape index (κ2) is 6.82. The summed E-state index contributed by atoms with van der Waals surface area (Å²) in [5.74, 6) is 1.23. The van der Waals surface area contributed by atoms with Gasteiger partial charge in [0.15, 0.2) is 0 Å². The summed E-state index contributed by atoms with van der Waals surface area (Å²) >= 11 is 7.83. The Balaban J connectivity index is 1.62. The van der Waals surface area contributed by atoms with Crippen LogP contribution in [-0.2, 0) is 4.79 Å². The lowest BCUT2D eigenvalue weighted by Gasteiger charge is -2.45. The summed E-state index contributed by atoms with van der Waals surface area (Å²) in [6, 6.07) is 3.71. The first-order valence-electron chi connectivity index (χ1n) is 8.79. The number of carbonyl (C=O) groups is 2. The van der Waals surface area contributed by atoms with Gasteiger partial charge in [-0.15, -0.1) is 11.8 Å². The van der Waals surface area contributed by atoms with Crippen molar-refractivity contribution in [3.63, 3.8) is 0 Å². The molecule has 0 saturated carbocycles. The Morgan fingerprint density at radius 3 is 2.76 bits per heavy atom. The number of nitrogens with zero attached hydrogens (tertiary/aromatic N) is 2. The van der Waals surface area contributed by atoms with Crippen molar-refractivity contribution in [1.82, 2.24) is 10.2 Å². The molecule has 2 bridgehead atoms. The van der Waals surface area contributed by atoms with Crippen LogP contribution in [0.2, 0.25) is 5.02 Å². The smallest absolute Gasteiger partial charge is 0.252 e. The molecule has 0 radical (unpaired) electrons. The van der Waals surface area contributed by atoms with Gasteiger partial charge in [0, 0.05) is 41.7 Å². The van der Waals surface area contributed by atoms with Crippen LogP contribution in [0.4, 0.5) is 5.69 Å². The Kier molecular flexibility index (Phi) is 4.69. The minimum atomic E-state index is -0.0762. The minimum Gasteiger partial charge on any atom is -0.348 e. The van der Waals surface area contributed by atoms with Gasteiger partial charge in [-0.05, 0) is 44.0 Å². The van der Waals surface area contributed by atoms with Crippen molar-refractivity contribution in [2.75, 3.05) is 37.3 Å². The second-order valence-electron chi connectivity index (χ2n) is 7.07. The molecule has 7 heteroatoms. The van der Waals surface area contributed by atoms with E-state index in [0.29, 0.717) is 28.7 Å². The Labute approximate surface area is 157 Å². The average Bonchev–Trinajstić information content (AvgIpc) is 2.75. The first-order valence-corrected chi connectivity index (χ1v) is 10.2. The fourth-order valence-electron chi connectivity index (χ4n) is 4.07. The number of nitrogens with one attached hydrogen (secondary N) is 1. The number of anilines is 1. The Bertz CT molecular complexity index is 719. The maximum atomic E-state index is 13.0. The number of carbonyl (C=O) groups excluding carboxylic acids is 2. The van der Waals surface area contributed by atoms with Crippen LogP contribution in [-0.4, -0.2) is 55.2 Å². The summed E-state index contributed by atoms with van der Waals surface area (Å²) in [6.07, 6.45) is 2.78. The molecule has 4 heterocycles. The van der Waals surface area contributed by atoms with E-state index in [4.69, 9.17) is 11.6 Å². The summed E-state index contributed by atoms with van der Waals surface area (Å²) < 4.78 is 0. The number of halogens is 1. The predicted octanol–water partition coefficient (Wildman–Crippen LogP) is 2.62. The maximum absolute atomic E-state index is 13.0. The molecule has 2 amide bonds. The van der Waals surface area contributed by atoms with Crippen LogP contribution >= 0.6 is 23.4 Å². The number of hydrogen-bond donors (Lipinski definition) is 1. The van der Waals surface area contributed by atoms with Crippen molar-refractivity contribution in [1.29, 1.82) is 0 Å². The monoisotopic (exact) mass is 379 g/mol. The zero-order valence-corrected chi connectivity index (χ0v) is 15.8. The third-order valence-corrected chi connectivity index (χ3v) is 6.89. The first-order chi connectivity index (χ1) is 12.0. The highest BCUT2D eigenvalue weighted by molar-refractivity contribution is 7.99. The number of rotatable bonds is 2. The molecule has 5 nitrogen and oxygen atoms in total. The van der Waals surface area contributed by atoms with E-state index in [1.54, 1.807) is 35.8 Å². The van der Waals surface area contributed by atoms with Gasteiger partial charge in [0.2, 0.25) is 5.91 Å². The van der Waals surface area contributed by atoms with Gasteiger partial charge >= 0.3 is 0 Å². The Morgan fingerprint density at radius 2 is 2.08 bits per heavy atom. The van der Waals surface area contributed by atoms with Crippen LogP contribution < -0.4 is 10.2 Å². The molecule has 0 aliphatic carbocycles. The van der Waals surface area contributed by atoms with E-state index in [1.807, 2.05) is 0 Å². The minimum absolute atomic E-state index is 0.0530. The molecule has 1 unspecified atom stereocenters. The lowest BCUT2D eigenvalue weighted by Crippen LogP contribution is -2.57. The average molecular weight is 380 g/mol. The fourth-order valence-corrected chi connectivity index (χ4v) is 5.41. The first kappa shape index (κ1) is 17.2. The fraction of sp³-hybridized carbons (Fsp3) is 0.556. The molecule has 134 valence electrons. The van der Waals surface area contributed by atoms with E-state index in [9.17, 15) is 9.59 Å². The molecule has 5 rings (SSSR count). The van der Waals surface area contributed by atoms with Crippen molar-refractivity contribution in [3.8, 4) is 0 Å². The van der Waals surface area contributed by atoms with Crippen molar-refractivity contribution < 1.29 is 9.59 Å². The van der Waals surface area contributed by atoms with Gasteiger partial charge in [0.05, 0.1) is 11.3 Å². The zero-order chi connectivity index (χ0) is 17.6. The standard InChI is InChI=1S/C18H22ClN3O2S/c1-21-15-9-12(19)8-13(17(15)25-7-4-16(21)23)18(24)20-14-10-22-5-2-11(14)3-6-22/h8-9,11,14H,2-7,10H2,1H3,(H,20,24). The molecule has 0 aromatic heterocycles. The number of piperidine rings is 3. The van der Waals surface area contributed by atoms with Gasteiger partial charge in [-0.1, -0.05) is 11.6 Å². The van der Waals surface area contributed by atoms with Crippen LogP contribution in [0.5, 0.6) is 0 Å². The third-order valence-electron chi connectivity index (χ3n) is 5.55. The van der Waals surface area contributed by atoms with Gasteiger partial charge in [-0.2, -0.15) is 0 Å². The van der Waals surface area contributed by atoms with Crippen molar-refractivity contribution in [2.45, 2.75) is 30.2 Å². The van der Waals surface area contributed by atoms with E-state index in [2.05, 4.69) is 10.2 Å². The van der Waals surface area contributed by atoms with Crippen LogP contribution in [0.1, 0.15) is 29.6 Å². The molecule has 1 aromatic rings. The van der Waals surface area contributed by atoms with Gasteiger partial charge in [-0.25, -0.2) is 0 Å². The highest BCUT2D eigenvalue weighted by Gasteiger charge is 2.35. The molecular formula is C18H22ClN3O2S. The summed E-state index contributed by atoms with van der Waals surface area (Å²) in [5.41, 5.74) is 1.32. The van der Waals surface area contributed by atoms with E-state index in [-0.39, 0.29) is 17.9 Å². The van der Waals surface area contributed by atoms with Crippen molar-refractivity contribution in [3.05, 3.63) is 22.7 Å². The van der Waals surface area contributed by atoms with Crippen molar-refractivity contribution in [2.24, 2.45) is 5.92 Å². The molecule has 3 fully saturated rings. The predicted molar refractivity (Wildman–Crippen MR) is 101 cm³/mol. The molecule has 1 N–H and O–H groups in total. The summed E-state index contributed by atoms with van der Waals surface area (Å²) in [4.78, 5) is 30.0. The van der Waals surface area contributed by atoms with E-state index < -0.39 is 0 Å². The number of fused-ring (bicyclic) bond motifs is 4. The third kappa shape index (κ3) is 3.27. The molecule has 4 aliphatic rings. The highest BCUT2D eigenvalue weighted by atomic mass is 35.5. The number of thioether (sulfide) groups is 1. The second-order valence-corrected chi connectivity index (χ2v) is 8.61. The van der Waals surface area contributed by atoms with Crippen LogP contribution in [0, 0.1) is 5.92 Å². The van der Waals surface area contributed by atoms with Gasteiger partial charge in [0.1, 0.15) is 0 Å². The van der Waals surface area contributed by atoms with E-state index in [1.165, 1.54) is 0 Å². The molecule has 4 aliphatic heterocycles. The molecular weight excluding hydrogens is 358 g/mol. The van der Waals surface area contributed by atoms with Crippen LogP contribution in [0.25, 0.3) is 0 Å². The molecule has 1 aromatic carbocycles. The summed E-state index contributed by atoms with van der Waals surface area (Å²) in [6.45, 7) is 3.23. The summed E-state index contributed by atoms with van der Waals surface area (Å²) in [5, 5.41) is 3.72. The Hall–Kier alpha value is -1.24. The van der Waals surface area contributed by atoms with E-state index >= 15 is 0 Å². The van der Waals surface area contributed by atoms with Crippen molar-refractivity contribution >= 4 is 40.9 Å². The van der Waals surface area contributed by atoms with Gasteiger partial charge in [-0.3, -0.25) is 9.59 Å². The largest absolute Gasteiger partial charge is 0.348 e. The quantitative estimate of drug-likeness (QED) is 0.858. The lowest BCUT2D eigenvalue weighted by molar-refractivity contribution is -0.117. The van der Waals surface area contributed by atoms with Gasteiger partial charge < -0.3 is 15.1 Å². The maximum Gasteiger partial charge on any atom is 0.252 e. The van der Waals surface area contributed by atoms with Crippen LogP contribution in [0.3, 0.4) is 0 Å². The molecule has 25 heavy (non-hydrogen) atoms. The lowest BCUT2D eigenvalue weighted by atomic mass is 9.84. The molecule has 1 atom stereocenters. The van der Waals surface area contributed by atoms with Gasteiger partial charge in [0.25, 0.3) is 5.91 Å². The molecule has 3 saturated heterocycles. The highest BCUT2D eigenvalue weighted by Crippen LogP contribution is 2.39. The Morgan fingerprint density at radius 1 is 1.32 bits per heavy atom. The normalized spacial score (nSPS) is 28.5. The SMILES string of the molecule is CN1C(=O)CCSc2c(C(=O)NC3CN4CCC3CC4)cc(Cl)cc21. The summed E-state index contributed by atoms with van der Waals surface area (Å²) in [7, 11) is 1.75. The molecule has 0 spiro atoms. The van der Waals surface area contributed by atoms with Crippen LogP contribution in [0.15, 0.2) is 17.0 Å². The number of hydrogen-bond acceptors (Lipinski definition) is 4. The number of benzene rings is 1. The topological polar surface area (TPSA) is 52.7 Å².